The van der Waals surface area contributed by atoms with Gasteiger partial charge in [-0.2, -0.15) is 0 Å². The SMILES string of the molecule is NC(=O)OCC(O)c1cnccc1Oc1ccccc1O. The number of carbonyl (C=O) groups is 1. The molecule has 0 bridgehead atoms. The highest BCUT2D eigenvalue weighted by Gasteiger charge is 2.16. The van der Waals surface area contributed by atoms with Crippen molar-refractivity contribution >= 4 is 6.09 Å². The number of carbonyl (C=O) groups excluding carboxylic acids is 1. The van der Waals surface area contributed by atoms with Crippen LogP contribution in [0.3, 0.4) is 0 Å². The molecular formula is C14H14N2O5. The van der Waals surface area contributed by atoms with Gasteiger partial charge in [0.2, 0.25) is 0 Å². The number of aliphatic hydroxyl groups is 1. The molecule has 7 heteroatoms. The van der Waals surface area contributed by atoms with Crippen molar-refractivity contribution in [1.29, 1.82) is 0 Å². The Kier molecular flexibility index (Phi) is 4.57. The number of primary amides is 1. The summed E-state index contributed by atoms with van der Waals surface area (Å²) in [5.74, 6) is 0.475. The number of phenols is 1. The number of benzene rings is 1. The summed E-state index contributed by atoms with van der Waals surface area (Å²) in [4.78, 5) is 14.4. The van der Waals surface area contributed by atoms with E-state index in [1.165, 1.54) is 24.5 Å². The highest BCUT2D eigenvalue weighted by atomic mass is 16.6. The predicted octanol–water partition coefficient (Wildman–Crippen LogP) is 1.71. The van der Waals surface area contributed by atoms with Gasteiger partial charge in [0.15, 0.2) is 11.5 Å². The lowest BCUT2D eigenvalue weighted by Gasteiger charge is -2.15. The lowest BCUT2D eigenvalue weighted by Crippen LogP contribution is -2.18. The van der Waals surface area contributed by atoms with E-state index in [1.807, 2.05) is 0 Å². The zero-order chi connectivity index (χ0) is 15.2. The number of nitrogens with zero attached hydrogens (tertiary/aromatic N) is 1. The third kappa shape index (κ3) is 3.83. The zero-order valence-electron chi connectivity index (χ0n) is 11.0. The Bertz CT molecular complexity index is 632. The van der Waals surface area contributed by atoms with Crippen molar-refractivity contribution in [3.8, 4) is 17.2 Å². The van der Waals surface area contributed by atoms with Gasteiger partial charge in [-0.25, -0.2) is 4.79 Å². The molecule has 0 aliphatic rings. The van der Waals surface area contributed by atoms with Gasteiger partial charge in [0.25, 0.3) is 0 Å². The van der Waals surface area contributed by atoms with E-state index >= 15 is 0 Å². The summed E-state index contributed by atoms with van der Waals surface area (Å²) in [6.07, 6.45) is 0.721. The van der Waals surface area contributed by atoms with E-state index < -0.39 is 12.2 Å². The number of rotatable bonds is 5. The molecule has 1 unspecified atom stereocenters. The largest absolute Gasteiger partial charge is 0.504 e. The molecule has 2 rings (SSSR count). The quantitative estimate of drug-likeness (QED) is 0.772. The van der Waals surface area contributed by atoms with Crippen LogP contribution in [0.5, 0.6) is 17.2 Å². The summed E-state index contributed by atoms with van der Waals surface area (Å²) in [5, 5.41) is 19.7. The number of ether oxygens (including phenoxy) is 2. The van der Waals surface area contributed by atoms with Crippen molar-refractivity contribution in [3.63, 3.8) is 0 Å². The van der Waals surface area contributed by atoms with E-state index in [0.717, 1.165) is 0 Å². The summed E-state index contributed by atoms with van der Waals surface area (Å²) in [6.45, 7) is -0.321. The van der Waals surface area contributed by atoms with Crippen molar-refractivity contribution in [2.45, 2.75) is 6.10 Å². The third-order valence-corrected chi connectivity index (χ3v) is 2.64. The van der Waals surface area contributed by atoms with Gasteiger partial charge in [0.05, 0.1) is 0 Å². The predicted molar refractivity (Wildman–Crippen MR) is 72.9 cm³/mol. The first-order chi connectivity index (χ1) is 10.1. The maximum atomic E-state index is 10.6. The Balaban J connectivity index is 2.20. The fourth-order valence-electron chi connectivity index (χ4n) is 1.65. The summed E-state index contributed by atoms with van der Waals surface area (Å²) < 4.78 is 10.1. The van der Waals surface area contributed by atoms with Gasteiger partial charge >= 0.3 is 6.09 Å². The van der Waals surface area contributed by atoms with Crippen LogP contribution in [-0.4, -0.2) is 27.9 Å². The van der Waals surface area contributed by atoms with Crippen molar-refractivity contribution in [2.75, 3.05) is 6.61 Å². The van der Waals surface area contributed by atoms with Crippen LogP contribution in [0.4, 0.5) is 4.79 Å². The highest BCUT2D eigenvalue weighted by Crippen LogP contribution is 2.33. The normalized spacial score (nSPS) is 11.7. The van der Waals surface area contributed by atoms with Crippen LogP contribution >= 0.6 is 0 Å². The van der Waals surface area contributed by atoms with Gasteiger partial charge in [0.1, 0.15) is 18.5 Å². The van der Waals surface area contributed by atoms with Gasteiger partial charge in [-0.15, -0.1) is 0 Å². The number of nitrogens with two attached hydrogens (primary N) is 1. The monoisotopic (exact) mass is 290 g/mol. The molecule has 1 atom stereocenters. The molecule has 2 aromatic rings. The Morgan fingerprint density at radius 3 is 2.76 bits per heavy atom. The van der Waals surface area contributed by atoms with Crippen LogP contribution in [0.15, 0.2) is 42.7 Å². The van der Waals surface area contributed by atoms with E-state index in [4.69, 9.17) is 10.5 Å². The second-order valence-corrected chi connectivity index (χ2v) is 4.13. The van der Waals surface area contributed by atoms with E-state index in [1.54, 1.807) is 18.2 Å². The van der Waals surface area contributed by atoms with E-state index in [2.05, 4.69) is 9.72 Å². The molecule has 4 N–H and O–H groups in total. The topological polar surface area (TPSA) is 115 Å². The summed E-state index contributed by atoms with van der Waals surface area (Å²) in [6, 6.07) is 7.93. The van der Waals surface area contributed by atoms with Crippen molar-refractivity contribution < 1.29 is 24.5 Å². The van der Waals surface area contributed by atoms with Crippen LogP contribution < -0.4 is 10.5 Å². The second-order valence-electron chi connectivity index (χ2n) is 4.13. The molecule has 0 aliphatic heterocycles. The number of hydrogen-bond acceptors (Lipinski definition) is 6. The Hall–Kier alpha value is -2.80. The van der Waals surface area contributed by atoms with Crippen LogP contribution in [0.1, 0.15) is 11.7 Å². The minimum Gasteiger partial charge on any atom is -0.504 e. The molecular weight excluding hydrogens is 276 g/mol. The van der Waals surface area contributed by atoms with Gasteiger partial charge in [-0.05, 0) is 18.2 Å². The number of phenolic OH excluding ortho intramolecular Hbond substituents is 1. The maximum Gasteiger partial charge on any atom is 0.404 e. The minimum absolute atomic E-state index is 0.0388. The highest BCUT2D eigenvalue weighted by molar-refractivity contribution is 5.64. The standard InChI is InChI=1S/C14H14N2O5/c15-14(19)20-8-11(18)9-7-16-6-5-12(9)21-13-4-2-1-3-10(13)17/h1-7,11,17-18H,8H2,(H2,15,19). The lowest BCUT2D eigenvalue weighted by molar-refractivity contribution is 0.0714. The first-order valence-corrected chi connectivity index (χ1v) is 6.08. The van der Waals surface area contributed by atoms with Crippen LogP contribution in [0.25, 0.3) is 0 Å². The van der Waals surface area contributed by atoms with Gasteiger partial charge < -0.3 is 25.4 Å². The molecule has 1 amide bonds. The fourth-order valence-corrected chi connectivity index (χ4v) is 1.65. The number of aromatic nitrogens is 1. The molecule has 0 aliphatic carbocycles. The minimum atomic E-state index is -1.15. The van der Waals surface area contributed by atoms with Crippen molar-refractivity contribution in [1.82, 2.24) is 4.98 Å². The average molecular weight is 290 g/mol. The molecule has 0 radical (unpaired) electrons. The number of para-hydroxylation sites is 2. The molecule has 1 heterocycles. The zero-order valence-corrected chi connectivity index (χ0v) is 11.0. The van der Waals surface area contributed by atoms with Crippen molar-refractivity contribution in [3.05, 3.63) is 48.3 Å². The first kappa shape index (κ1) is 14.6. The van der Waals surface area contributed by atoms with Crippen LogP contribution in [0, 0.1) is 0 Å². The Morgan fingerprint density at radius 1 is 1.29 bits per heavy atom. The number of aromatic hydroxyl groups is 1. The van der Waals surface area contributed by atoms with E-state index in [0.29, 0.717) is 5.56 Å². The molecule has 0 saturated carbocycles. The van der Waals surface area contributed by atoms with Gasteiger partial charge in [-0.1, -0.05) is 12.1 Å². The second kappa shape index (κ2) is 6.58. The number of aliphatic hydroxyl groups excluding tert-OH is 1. The smallest absolute Gasteiger partial charge is 0.404 e. The third-order valence-electron chi connectivity index (χ3n) is 2.64. The first-order valence-electron chi connectivity index (χ1n) is 6.08. The molecule has 1 aromatic carbocycles. The molecule has 21 heavy (non-hydrogen) atoms. The van der Waals surface area contributed by atoms with Gasteiger partial charge in [0, 0.05) is 18.0 Å². The van der Waals surface area contributed by atoms with Crippen LogP contribution in [-0.2, 0) is 4.74 Å². The number of amides is 1. The molecule has 0 spiro atoms. The Labute approximate surface area is 120 Å². The average Bonchev–Trinajstić information content (AvgIpc) is 2.47. The molecule has 0 saturated heterocycles. The fraction of sp³-hybridized carbons (Fsp3) is 0.143. The number of pyridine rings is 1. The Morgan fingerprint density at radius 2 is 2.05 bits per heavy atom. The summed E-state index contributed by atoms with van der Waals surface area (Å²) in [7, 11) is 0. The molecule has 110 valence electrons. The van der Waals surface area contributed by atoms with Crippen molar-refractivity contribution in [2.24, 2.45) is 5.73 Å². The maximum absolute atomic E-state index is 10.6. The van der Waals surface area contributed by atoms with Gasteiger partial charge in [-0.3, -0.25) is 4.98 Å². The number of hydrogen-bond donors (Lipinski definition) is 3. The van der Waals surface area contributed by atoms with E-state index in [-0.39, 0.29) is 23.9 Å². The summed E-state index contributed by atoms with van der Waals surface area (Å²) >= 11 is 0. The summed E-state index contributed by atoms with van der Waals surface area (Å²) in [5.41, 5.74) is 5.16. The van der Waals surface area contributed by atoms with E-state index in [9.17, 15) is 15.0 Å². The molecule has 0 fully saturated rings. The molecule has 1 aromatic heterocycles. The van der Waals surface area contributed by atoms with Crippen LogP contribution in [0.2, 0.25) is 0 Å². The molecule has 7 nitrogen and oxygen atoms in total. The lowest BCUT2D eigenvalue weighted by atomic mass is 10.1.